The van der Waals surface area contributed by atoms with Crippen molar-refractivity contribution in [1.29, 1.82) is 0 Å². The van der Waals surface area contributed by atoms with Crippen molar-refractivity contribution in [2.75, 3.05) is 12.4 Å². The fraction of sp³-hybridized carbons (Fsp3) is 0.182. The number of hydrogen-bond donors (Lipinski definition) is 2. The number of aromatic nitrogens is 2. The summed E-state index contributed by atoms with van der Waals surface area (Å²) < 4.78 is 16.0. The highest BCUT2D eigenvalue weighted by Crippen LogP contribution is 2.15. The Morgan fingerprint density at radius 2 is 2.11 bits per heavy atom. The van der Waals surface area contributed by atoms with E-state index in [1.807, 2.05) is 30.3 Å². The first kappa shape index (κ1) is 13.6. The van der Waals surface area contributed by atoms with Gasteiger partial charge in [-0.1, -0.05) is 30.3 Å². The molecule has 0 saturated carbocycles. The van der Waals surface area contributed by atoms with E-state index in [0.29, 0.717) is 10.9 Å². The van der Waals surface area contributed by atoms with E-state index in [2.05, 4.69) is 20.0 Å². The summed E-state index contributed by atoms with van der Waals surface area (Å²) in [6.07, 6.45) is 0. The van der Waals surface area contributed by atoms with E-state index in [4.69, 9.17) is 0 Å². The molecule has 0 radical (unpaired) electrons. The molecule has 2 aromatic rings. The zero-order valence-corrected chi connectivity index (χ0v) is 11.8. The topological polar surface area (TPSA) is 84.0 Å². The van der Waals surface area contributed by atoms with Gasteiger partial charge < -0.3 is 5.32 Å². The Labute approximate surface area is 116 Å². The van der Waals surface area contributed by atoms with Crippen molar-refractivity contribution in [3.8, 4) is 0 Å². The van der Waals surface area contributed by atoms with E-state index in [1.54, 1.807) is 0 Å². The van der Waals surface area contributed by atoms with Crippen LogP contribution in [0.2, 0.25) is 0 Å². The molecule has 1 aromatic heterocycles. The fourth-order valence-corrected chi connectivity index (χ4v) is 3.09. The second-order valence-corrected chi connectivity index (χ2v) is 5.66. The van der Waals surface area contributed by atoms with Crippen LogP contribution in [0.4, 0.5) is 9.93 Å². The number of amides is 2. The second-order valence-electron chi connectivity index (χ2n) is 3.56. The minimum Gasteiger partial charge on any atom is -0.341 e. The SMILES string of the molecule is CNC(=O)Nc1nc(S(=O)Cc2ccccc2)ns1. The number of carbonyl (C=O) groups excluding carboxylic acids is 1. The molecule has 1 heterocycles. The predicted molar refractivity (Wildman–Crippen MR) is 74.5 cm³/mol. The molecule has 8 heteroatoms. The van der Waals surface area contributed by atoms with E-state index >= 15 is 0 Å². The number of anilines is 1. The third kappa shape index (κ3) is 3.83. The number of rotatable bonds is 4. The molecule has 2 amide bonds. The molecule has 0 spiro atoms. The van der Waals surface area contributed by atoms with Gasteiger partial charge in [0.2, 0.25) is 10.3 Å². The zero-order valence-electron chi connectivity index (χ0n) is 10.1. The zero-order chi connectivity index (χ0) is 13.7. The molecule has 1 aromatic carbocycles. The van der Waals surface area contributed by atoms with Crippen LogP contribution in [0, 0.1) is 0 Å². The summed E-state index contributed by atoms with van der Waals surface area (Å²) in [5.41, 5.74) is 0.955. The van der Waals surface area contributed by atoms with Crippen molar-refractivity contribution in [3.05, 3.63) is 35.9 Å². The smallest absolute Gasteiger partial charge is 0.320 e. The minimum atomic E-state index is -1.31. The average Bonchev–Trinajstić information content (AvgIpc) is 2.88. The highest BCUT2D eigenvalue weighted by atomic mass is 32.2. The van der Waals surface area contributed by atoms with Crippen molar-refractivity contribution in [3.63, 3.8) is 0 Å². The molecular weight excluding hydrogens is 284 g/mol. The Balaban J connectivity index is 2.02. The average molecular weight is 296 g/mol. The van der Waals surface area contributed by atoms with Gasteiger partial charge >= 0.3 is 6.03 Å². The summed E-state index contributed by atoms with van der Waals surface area (Å²) >= 11 is 1.01. The van der Waals surface area contributed by atoms with E-state index in [9.17, 15) is 9.00 Å². The number of urea groups is 1. The quantitative estimate of drug-likeness (QED) is 0.897. The summed E-state index contributed by atoms with van der Waals surface area (Å²) in [6.45, 7) is 0. The number of hydrogen-bond acceptors (Lipinski definition) is 5. The lowest BCUT2D eigenvalue weighted by Gasteiger charge is -1.98. The Bertz CT molecular complexity index is 585. The minimum absolute atomic E-state index is 0.236. The maximum atomic E-state index is 12.0. The molecule has 19 heavy (non-hydrogen) atoms. The molecule has 1 unspecified atom stereocenters. The van der Waals surface area contributed by atoms with Crippen LogP contribution >= 0.6 is 11.5 Å². The van der Waals surface area contributed by atoms with Gasteiger partial charge in [-0.25, -0.2) is 4.79 Å². The third-order valence-electron chi connectivity index (χ3n) is 2.20. The monoisotopic (exact) mass is 296 g/mol. The Kier molecular flexibility index (Phi) is 4.58. The van der Waals surface area contributed by atoms with Gasteiger partial charge in [0, 0.05) is 18.6 Å². The summed E-state index contributed by atoms with van der Waals surface area (Å²) in [4.78, 5) is 15.1. The Morgan fingerprint density at radius 3 is 2.79 bits per heavy atom. The molecule has 2 N–H and O–H groups in total. The molecule has 0 aliphatic carbocycles. The first-order chi connectivity index (χ1) is 9.19. The largest absolute Gasteiger partial charge is 0.341 e. The molecule has 6 nitrogen and oxygen atoms in total. The number of benzene rings is 1. The molecular formula is C11H12N4O2S2. The van der Waals surface area contributed by atoms with Crippen molar-refractivity contribution >= 4 is 33.5 Å². The molecule has 0 saturated heterocycles. The normalized spacial score (nSPS) is 11.8. The summed E-state index contributed by atoms with van der Waals surface area (Å²) in [6, 6.07) is 9.09. The molecule has 1 atom stereocenters. The lowest BCUT2D eigenvalue weighted by molar-refractivity contribution is 0.254. The van der Waals surface area contributed by atoms with Gasteiger partial charge in [-0.15, -0.1) is 0 Å². The van der Waals surface area contributed by atoms with Crippen LogP contribution in [0.1, 0.15) is 5.56 Å². The third-order valence-corrected chi connectivity index (χ3v) is 4.13. The fourth-order valence-electron chi connectivity index (χ4n) is 1.30. The van der Waals surface area contributed by atoms with E-state index < -0.39 is 10.8 Å². The standard InChI is InChI=1S/C11H12N4O2S2/c1-12-9(16)13-10-14-11(15-18-10)19(17)7-8-5-3-2-4-6-8/h2-6H,7H2,1H3,(H2,12,13,14,15,16). The summed E-state index contributed by atoms with van der Waals surface area (Å²) in [5.74, 6) is 0.358. The van der Waals surface area contributed by atoms with Gasteiger partial charge in [-0.2, -0.15) is 9.36 Å². The van der Waals surface area contributed by atoms with Crippen LogP contribution in [0.5, 0.6) is 0 Å². The van der Waals surface area contributed by atoms with Crippen molar-refractivity contribution in [2.45, 2.75) is 10.9 Å². The maximum Gasteiger partial charge on any atom is 0.320 e. The molecule has 0 aliphatic heterocycles. The molecule has 0 bridgehead atoms. The number of nitrogens with zero attached hydrogens (tertiary/aromatic N) is 2. The van der Waals surface area contributed by atoms with Crippen molar-refractivity contribution in [2.24, 2.45) is 0 Å². The first-order valence-corrected chi connectivity index (χ1v) is 7.53. The van der Waals surface area contributed by atoms with E-state index in [-0.39, 0.29) is 11.2 Å². The number of nitrogens with one attached hydrogen (secondary N) is 2. The Hall–Kier alpha value is -1.80. The maximum absolute atomic E-state index is 12.0. The summed E-state index contributed by atoms with van der Waals surface area (Å²) in [7, 11) is 0.191. The van der Waals surface area contributed by atoms with Gasteiger partial charge in [-0.05, 0) is 5.56 Å². The van der Waals surface area contributed by atoms with Gasteiger partial charge in [0.05, 0.1) is 16.6 Å². The molecule has 0 fully saturated rings. The number of carbonyl (C=O) groups is 1. The molecule has 0 aliphatic rings. The van der Waals surface area contributed by atoms with Gasteiger partial charge in [-0.3, -0.25) is 9.53 Å². The predicted octanol–water partition coefficient (Wildman–Crippen LogP) is 1.60. The van der Waals surface area contributed by atoms with Crippen LogP contribution in [-0.2, 0) is 16.6 Å². The second kappa shape index (κ2) is 6.39. The molecule has 2 rings (SSSR count). The van der Waals surface area contributed by atoms with Gasteiger partial charge in [0.15, 0.2) is 0 Å². The highest BCUT2D eigenvalue weighted by molar-refractivity contribution is 7.84. The van der Waals surface area contributed by atoms with Crippen LogP contribution in [0.25, 0.3) is 0 Å². The van der Waals surface area contributed by atoms with Crippen LogP contribution in [0.15, 0.2) is 35.5 Å². The first-order valence-electron chi connectivity index (χ1n) is 5.44. The van der Waals surface area contributed by atoms with Crippen molar-refractivity contribution < 1.29 is 9.00 Å². The van der Waals surface area contributed by atoms with Gasteiger partial charge in [0.25, 0.3) is 0 Å². The van der Waals surface area contributed by atoms with Crippen LogP contribution in [-0.4, -0.2) is 26.6 Å². The lowest BCUT2D eigenvalue weighted by Crippen LogP contribution is -2.24. The van der Waals surface area contributed by atoms with Crippen molar-refractivity contribution in [1.82, 2.24) is 14.7 Å². The van der Waals surface area contributed by atoms with Crippen LogP contribution < -0.4 is 10.6 Å². The summed E-state index contributed by atoms with van der Waals surface area (Å²) in [5, 5.41) is 5.46. The molecule has 100 valence electrons. The van der Waals surface area contributed by atoms with Gasteiger partial charge in [0.1, 0.15) is 0 Å². The van der Waals surface area contributed by atoms with E-state index in [1.165, 1.54) is 7.05 Å². The van der Waals surface area contributed by atoms with Crippen LogP contribution in [0.3, 0.4) is 0 Å². The highest BCUT2D eigenvalue weighted by Gasteiger charge is 2.13. The van der Waals surface area contributed by atoms with E-state index in [0.717, 1.165) is 17.1 Å². The lowest BCUT2D eigenvalue weighted by atomic mass is 10.2. The Morgan fingerprint density at radius 1 is 1.37 bits per heavy atom.